The number of nitrogens with one attached hydrogen (secondary N) is 2. The molecule has 170 valence electrons. The molecule has 0 aliphatic carbocycles. The van der Waals surface area contributed by atoms with E-state index in [1.54, 1.807) is 42.5 Å². The number of methoxy groups -OCH3 is 1. The summed E-state index contributed by atoms with van der Waals surface area (Å²) in [5, 5.41) is 6.55. The molecular formula is C24H21ClFN3O4. The summed E-state index contributed by atoms with van der Waals surface area (Å²) >= 11 is 6.06. The number of anilines is 1. The Bertz CT molecular complexity index is 1180. The van der Waals surface area contributed by atoms with Gasteiger partial charge in [-0.1, -0.05) is 35.9 Å². The van der Waals surface area contributed by atoms with Gasteiger partial charge in [-0.3, -0.25) is 9.59 Å². The van der Waals surface area contributed by atoms with Gasteiger partial charge in [0.1, 0.15) is 12.4 Å². The van der Waals surface area contributed by atoms with Crippen LogP contribution in [0.25, 0.3) is 0 Å². The zero-order valence-corrected chi connectivity index (χ0v) is 18.7. The minimum Gasteiger partial charge on any atom is -0.493 e. The number of benzene rings is 3. The Kier molecular flexibility index (Phi) is 7.99. The average molecular weight is 470 g/mol. The van der Waals surface area contributed by atoms with Gasteiger partial charge in [0.2, 0.25) is 0 Å². The minimum atomic E-state index is -0.948. The first-order chi connectivity index (χ1) is 15.9. The van der Waals surface area contributed by atoms with Crippen LogP contribution in [0.4, 0.5) is 10.1 Å². The number of nitrogens with zero attached hydrogens (tertiary/aromatic N) is 1. The van der Waals surface area contributed by atoms with Crippen molar-refractivity contribution >= 4 is 35.3 Å². The fourth-order valence-corrected chi connectivity index (χ4v) is 3.10. The third kappa shape index (κ3) is 6.30. The highest BCUT2D eigenvalue weighted by Crippen LogP contribution is 2.32. The molecule has 0 aliphatic heterocycles. The quantitative estimate of drug-likeness (QED) is 0.303. The molecule has 0 fully saturated rings. The summed E-state index contributed by atoms with van der Waals surface area (Å²) in [5.74, 6) is -1.68. The zero-order valence-electron chi connectivity index (χ0n) is 17.9. The maximum Gasteiger partial charge on any atom is 0.329 e. The van der Waals surface area contributed by atoms with E-state index in [1.165, 1.54) is 25.5 Å². The van der Waals surface area contributed by atoms with Gasteiger partial charge in [-0.2, -0.15) is 5.10 Å². The van der Waals surface area contributed by atoms with Crippen molar-refractivity contribution in [2.75, 3.05) is 12.4 Å². The first kappa shape index (κ1) is 23.7. The maximum atomic E-state index is 14.1. The van der Waals surface area contributed by atoms with Gasteiger partial charge in [0.05, 0.1) is 18.3 Å². The zero-order chi connectivity index (χ0) is 23.8. The van der Waals surface area contributed by atoms with Crippen molar-refractivity contribution in [2.45, 2.75) is 13.5 Å². The lowest BCUT2D eigenvalue weighted by Crippen LogP contribution is -2.32. The van der Waals surface area contributed by atoms with E-state index in [1.807, 2.05) is 13.0 Å². The molecule has 7 nitrogen and oxygen atoms in total. The van der Waals surface area contributed by atoms with Crippen LogP contribution < -0.4 is 20.2 Å². The second-order valence-electron chi connectivity index (χ2n) is 6.89. The summed E-state index contributed by atoms with van der Waals surface area (Å²) in [5.41, 5.74) is 4.22. The number of aryl methyl sites for hydroxylation is 1. The van der Waals surface area contributed by atoms with Gasteiger partial charge in [0.15, 0.2) is 11.5 Å². The largest absolute Gasteiger partial charge is 0.493 e. The van der Waals surface area contributed by atoms with E-state index < -0.39 is 17.6 Å². The summed E-state index contributed by atoms with van der Waals surface area (Å²) in [6.45, 7) is 1.71. The molecule has 0 saturated carbocycles. The van der Waals surface area contributed by atoms with Gasteiger partial charge >= 0.3 is 11.8 Å². The Labute approximate surface area is 195 Å². The molecule has 0 aromatic heterocycles. The van der Waals surface area contributed by atoms with Crippen molar-refractivity contribution in [1.82, 2.24) is 5.43 Å². The van der Waals surface area contributed by atoms with E-state index >= 15 is 0 Å². The number of amides is 2. The van der Waals surface area contributed by atoms with Crippen LogP contribution >= 0.6 is 11.6 Å². The van der Waals surface area contributed by atoms with Gasteiger partial charge in [0, 0.05) is 16.8 Å². The van der Waals surface area contributed by atoms with Crippen LogP contribution in [0, 0.1) is 12.7 Å². The van der Waals surface area contributed by atoms with Gasteiger partial charge in [-0.05, 0) is 48.9 Å². The molecule has 0 heterocycles. The lowest BCUT2D eigenvalue weighted by molar-refractivity contribution is -0.136. The van der Waals surface area contributed by atoms with E-state index in [2.05, 4.69) is 15.8 Å². The Morgan fingerprint density at radius 3 is 2.58 bits per heavy atom. The Balaban J connectivity index is 1.70. The Hall–Kier alpha value is -3.91. The number of rotatable bonds is 7. The Morgan fingerprint density at radius 2 is 1.85 bits per heavy atom. The normalized spacial score (nSPS) is 10.7. The number of hydrazone groups is 1. The molecule has 0 bridgehead atoms. The summed E-state index contributed by atoms with van der Waals surface area (Å²) in [7, 11) is 1.45. The van der Waals surface area contributed by atoms with E-state index in [0.29, 0.717) is 17.0 Å². The summed E-state index contributed by atoms with van der Waals surface area (Å²) in [4.78, 5) is 24.1. The number of carbonyl (C=O) groups is 2. The molecule has 0 atom stereocenters. The lowest BCUT2D eigenvalue weighted by Gasteiger charge is -2.14. The Morgan fingerprint density at radius 1 is 1.09 bits per heavy atom. The molecule has 33 heavy (non-hydrogen) atoms. The number of hydrogen-bond donors (Lipinski definition) is 2. The summed E-state index contributed by atoms with van der Waals surface area (Å²) in [6, 6.07) is 16.4. The molecule has 3 rings (SSSR count). The van der Waals surface area contributed by atoms with E-state index in [-0.39, 0.29) is 22.9 Å². The first-order valence-electron chi connectivity index (χ1n) is 9.82. The third-order valence-electron chi connectivity index (χ3n) is 4.50. The molecule has 0 unspecified atom stereocenters. The van der Waals surface area contributed by atoms with Gasteiger partial charge < -0.3 is 14.8 Å². The van der Waals surface area contributed by atoms with Crippen molar-refractivity contribution in [2.24, 2.45) is 5.10 Å². The van der Waals surface area contributed by atoms with Crippen molar-refractivity contribution in [3.05, 3.63) is 88.2 Å². The molecule has 2 N–H and O–H groups in total. The van der Waals surface area contributed by atoms with Crippen molar-refractivity contribution < 1.29 is 23.5 Å². The lowest BCUT2D eigenvalue weighted by atomic mass is 10.2. The molecule has 0 spiro atoms. The van der Waals surface area contributed by atoms with Crippen molar-refractivity contribution in [1.29, 1.82) is 0 Å². The van der Waals surface area contributed by atoms with Gasteiger partial charge in [0.25, 0.3) is 0 Å². The van der Waals surface area contributed by atoms with Crippen LogP contribution in [-0.2, 0) is 16.2 Å². The fraction of sp³-hybridized carbons (Fsp3) is 0.125. The second kappa shape index (κ2) is 11.1. The number of carbonyl (C=O) groups excluding carboxylic acids is 2. The number of ether oxygens (including phenoxy) is 2. The minimum absolute atomic E-state index is 0.155. The molecule has 3 aromatic carbocycles. The van der Waals surface area contributed by atoms with Crippen molar-refractivity contribution in [3.8, 4) is 11.5 Å². The molecule has 2 amide bonds. The summed E-state index contributed by atoms with van der Waals surface area (Å²) < 4.78 is 25.2. The number of para-hydroxylation sites is 1. The SMILES string of the molecule is COc1cccc(/C=N\NC(=O)C(=O)Nc2cccc(C)c2)c1OCc1c(F)cccc1Cl. The van der Waals surface area contributed by atoms with Gasteiger partial charge in [-0.15, -0.1) is 0 Å². The molecule has 0 aliphatic rings. The molecular weight excluding hydrogens is 449 g/mol. The summed E-state index contributed by atoms with van der Waals surface area (Å²) in [6.07, 6.45) is 1.29. The fourth-order valence-electron chi connectivity index (χ4n) is 2.89. The third-order valence-corrected chi connectivity index (χ3v) is 4.86. The number of hydrogen-bond acceptors (Lipinski definition) is 5. The van der Waals surface area contributed by atoms with E-state index in [9.17, 15) is 14.0 Å². The van der Waals surface area contributed by atoms with Crippen LogP contribution in [-0.4, -0.2) is 25.1 Å². The standard InChI is InChI=1S/C24H21ClFN3O4/c1-15-6-3-8-17(12-15)28-23(30)24(31)29-27-13-16-7-4-11-21(32-2)22(16)33-14-18-19(25)9-5-10-20(18)26/h3-13H,14H2,1-2H3,(H,28,30)(H,29,31)/b27-13-. The highest BCUT2D eigenvalue weighted by atomic mass is 35.5. The monoisotopic (exact) mass is 469 g/mol. The van der Waals surface area contributed by atoms with Crippen LogP contribution in [0.1, 0.15) is 16.7 Å². The topological polar surface area (TPSA) is 89.0 Å². The molecule has 0 radical (unpaired) electrons. The van der Waals surface area contributed by atoms with Crippen molar-refractivity contribution in [3.63, 3.8) is 0 Å². The molecule has 0 saturated heterocycles. The highest BCUT2D eigenvalue weighted by molar-refractivity contribution is 6.39. The second-order valence-corrected chi connectivity index (χ2v) is 7.30. The predicted molar refractivity (Wildman–Crippen MR) is 124 cm³/mol. The van der Waals surface area contributed by atoms with Crippen LogP contribution in [0.3, 0.4) is 0 Å². The highest BCUT2D eigenvalue weighted by Gasteiger charge is 2.15. The predicted octanol–water partition coefficient (Wildman–Crippen LogP) is 4.46. The van der Waals surface area contributed by atoms with Crippen LogP contribution in [0.15, 0.2) is 65.8 Å². The maximum absolute atomic E-state index is 14.1. The van der Waals surface area contributed by atoms with Crippen LogP contribution in [0.2, 0.25) is 5.02 Å². The molecule has 9 heteroatoms. The first-order valence-corrected chi connectivity index (χ1v) is 10.2. The van der Waals surface area contributed by atoms with E-state index in [4.69, 9.17) is 21.1 Å². The van der Waals surface area contributed by atoms with E-state index in [0.717, 1.165) is 5.56 Å². The van der Waals surface area contributed by atoms with Gasteiger partial charge in [-0.25, -0.2) is 9.82 Å². The average Bonchev–Trinajstić information content (AvgIpc) is 2.79. The molecule has 3 aromatic rings. The smallest absolute Gasteiger partial charge is 0.329 e. The van der Waals surface area contributed by atoms with Crippen LogP contribution in [0.5, 0.6) is 11.5 Å². The number of halogens is 2.